The van der Waals surface area contributed by atoms with Crippen LogP contribution in [0.15, 0.2) is 48.7 Å². The van der Waals surface area contributed by atoms with Crippen LogP contribution in [-0.4, -0.2) is 19.2 Å². The number of hydrogen-bond donors (Lipinski definition) is 3. The molecule has 6 nitrogen and oxygen atoms in total. The Kier molecular flexibility index (Phi) is 3.67. The molecule has 4 rings (SSSR count). The van der Waals surface area contributed by atoms with Crippen molar-refractivity contribution >= 4 is 51.1 Å². The molecule has 0 radical (unpaired) electrons. The number of benzene rings is 2. The SMILES string of the molecule is Cn1cc(/C=C2\C(=O)Nc3ccc(NS(=O)O)cc32)c2ccccc21. The van der Waals surface area contributed by atoms with Crippen molar-refractivity contribution in [2.45, 2.75) is 0 Å². The number of hydrogen-bond acceptors (Lipinski definition) is 2. The van der Waals surface area contributed by atoms with Crippen LogP contribution in [0.1, 0.15) is 11.1 Å². The lowest BCUT2D eigenvalue weighted by Gasteiger charge is -2.04. The number of para-hydroxylation sites is 1. The molecule has 0 bridgehead atoms. The number of nitrogens with one attached hydrogen (secondary N) is 2. The van der Waals surface area contributed by atoms with Gasteiger partial charge in [0.1, 0.15) is 0 Å². The number of fused-ring (bicyclic) bond motifs is 2. The Bertz CT molecular complexity index is 1070. The largest absolute Gasteiger partial charge is 0.350 e. The molecule has 3 N–H and O–H groups in total. The van der Waals surface area contributed by atoms with Gasteiger partial charge in [0, 0.05) is 52.2 Å². The Hall–Kier alpha value is -2.90. The lowest BCUT2D eigenvalue weighted by molar-refractivity contribution is -0.110. The number of carbonyl (C=O) groups excluding carboxylic acids is 1. The molecule has 0 fully saturated rings. The number of aromatic nitrogens is 1. The van der Waals surface area contributed by atoms with Crippen molar-refractivity contribution in [1.82, 2.24) is 4.57 Å². The number of nitrogens with zero attached hydrogens (tertiary/aromatic N) is 1. The summed E-state index contributed by atoms with van der Waals surface area (Å²) >= 11 is -2.16. The zero-order chi connectivity index (χ0) is 17.6. The highest BCUT2D eigenvalue weighted by Gasteiger charge is 2.25. The molecule has 126 valence electrons. The number of amides is 1. The zero-order valence-corrected chi connectivity index (χ0v) is 14.1. The first-order chi connectivity index (χ1) is 12.0. The topological polar surface area (TPSA) is 83.4 Å². The van der Waals surface area contributed by atoms with Crippen LogP contribution in [0.5, 0.6) is 0 Å². The first-order valence-electron chi connectivity index (χ1n) is 7.62. The quantitative estimate of drug-likeness (QED) is 0.499. The molecule has 1 atom stereocenters. The number of aryl methyl sites for hydroxylation is 1. The van der Waals surface area contributed by atoms with Crippen LogP contribution in [0.4, 0.5) is 11.4 Å². The number of rotatable bonds is 3. The maximum absolute atomic E-state index is 12.4. The van der Waals surface area contributed by atoms with Gasteiger partial charge in [0.25, 0.3) is 17.2 Å². The van der Waals surface area contributed by atoms with E-state index in [9.17, 15) is 9.00 Å². The van der Waals surface area contributed by atoms with E-state index >= 15 is 0 Å². The third-order valence-corrected chi connectivity index (χ3v) is 4.65. The molecule has 1 aliphatic rings. The molecular weight excluding hydrogens is 338 g/mol. The summed E-state index contributed by atoms with van der Waals surface area (Å²) in [6.45, 7) is 0. The van der Waals surface area contributed by atoms with Crippen molar-refractivity contribution in [3.05, 3.63) is 59.8 Å². The monoisotopic (exact) mass is 353 g/mol. The Labute approximate surface area is 146 Å². The van der Waals surface area contributed by atoms with Crippen LogP contribution in [0.3, 0.4) is 0 Å². The third kappa shape index (κ3) is 2.73. The highest BCUT2D eigenvalue weighted by molar-refractivity contribution is 7.80. The molecule has 1 unspecified atom stereocenters. The molecule has 0 aliphatic carbocycles. The second-order valence-electron chi connectivity index (χ2n) is 5.84. The van der Waals surface area contributed by atoms with E-state index in [4.69, 9.17) is 4.55 Å². The van der Waals surface area contributed by atoms with Gasteiger partial charge in [-0.3, -0.25) is 14.1 Å². The van der Waals surface area contributed by atoms with Crippen LogP contribution < -0.4 is 10.0 Å². The van der Waals surface area contributed by atoms with Crippen LogP contribution >= 0.6 is 0 Å². The van der Waals surface area contributed by atoms with E-state index in [1.54, 1.807) is 18.2 Å². The van der Waals surface area contributed by atoms with Crippen molar-refractivity contribution in [3.63, 3.8) is 0 Å². The van der Waals surface area contributed by atoms with Crippen LogP contribution in [0.25, 0.3) is 22.6 Å². The molecule has 2 heterocycles. The molecule has 1 aromatic heterocycles. The lowest BCUT2D eigenvalue weighted by Crippen LogP contribution is -2.03. The Morgan fingerprint density at radius 3 is 2.84 bits per heavy atom. The van der Waals surface area contributed by atoms with Gasteiger partial charge in [0.15, 0.2) is 0 Å². The second-order valence-corrected chi connectivity index (χ2v) is 6.54. The fourth-order valence-corrected chi connectivity index (χ4v) is 3.47. The number of carbonyl (C=O) groups is 1. The van der Waals surface area contributed by atoms with E-state index in [-0.39, 0.29) is 5.91 Å². The smallest absolute Gasteiger partial charge is 0.259 e. The zero-order valence-electron chi connectivity index (χ0n) is 13.3. The van der Waals surface area contributed by atoms with Gasteiger partial charge in [0.05, 0.1) is 0 Å². The first kappa shape index (κ1) is 15.6. The molecule has 0 spiro atoms. The normalized spacial score (nSPS) is 16.1. The summed E-state index contributed by atoms with van der Waals surface area (Å²) in [7, 11) is 1.96. The standard InChI is InChI=1S/C18H15N3O3S/c1-21-10-11(13-4-2-3-5-17(13)21)8-15-14-9-12(20-25(23)24)6-7-16(14)19-18(15)22/h2-10,20H,1H3,(H,19,22)(H,23,24)/b15-8-. The minimum atomic E-state index is -2.16. The maximum atomic E-state index is 12.4. The van der Waals surface area contributed by atoms with Crippen molar-refractivity contribution in [1.29, 1.82) is 0 Å². The van der Waals surface area contributed by atoms with Gasteiger partial charge in [-0.2, -0.15) is 0 Å². The lowest BCUT2D eigenvalue weighted by atomic mass is 10.0. The van der Waals surface area contributed by atoms with Gasteiger partial charge in [-0.1, -0.05) is 18.2 Å². The van der Waals surface area contributed by atoms with E-state index in [1.807, 2.05) is 48.2 Å². The predicted molar refractivity (Wildman–Crippen MR) is 100 cm³/mol. The minimum absolute atomic E-state index is 0.190. The summed E-state index contributed by atoms with van der Waals surface area (Å²) in [5, 5.41) is 3.88. The van der Waals surface area contributed by atoms with Gasteiger partial charge in [-0.05, 0) is 30.3 Å². The van der Waals surface area contributed by atoms with Gasteiger partial charge in [-0.15, -0.1) is 0 Å². The summed E-state index contributed by atoms with van der Waals surface area (Å²) in [6, 6.07) is 13.0. The van der Waals surface area contributed by atoms with Crippen molar-refractivity contribution in [2.75, 3.05) is 10.0 Å². The first-order valence-corrected chi connectivity index (χ1v) is 8.72. The van der Waals surface area contributed by atoms with Crippen molar-refractivity contribution < 1.29 is 13.6 Å². The summed E-state index contributed by atoms with van der Waals surface area (Å²) in [5.41, 5.74) is 4.41. The molecule has 1 aliphatic heterocycles. The second kappa shape index (κ2) is 5.87. The van der Waals surface area contributed by atoms with E-state index < -0.39 is 11.3 Å². The number of anilines is 2. The Morgan fingerprint density at radius 2 is 2.04 bits per heavy atom. The summed E-state index contributed by atoms with van der Waals surface area (Å²) in [4.78, 5) is 12.4. The highest BCUT2D eigenvalue weighted by Crippen LogP contribution is 2.36. The van der Waals surface area contributed by atoms with Gasteiger partial charge in [0.2, 0.25) is 0 Å². The maximum Gasteiger partial charge on any atom is 0.259 e. The van der Waals surface area contributed by atoms with Crippen molar-refractivity contribution in [3.8, 4) is 0 Å². The van der Waals surface area contributed by atoms with Gasteiger partial charge >= 0.3 is 0 Å². The molecular formula is C18H15N3O3S. The predicted octanol–water partition coefficient (Wildman–Crippen LogP) is 3.22. The molecule has 1 amide bonds. The Balaban J connectivity index is 1.84. The minimum Gasteiger partial charge on any atom is -0.350 e. The van der Waals surface area contributed by atoms with Crippen LogP contribution in [-0.2, 0) is 23.1 Å². The van der Waals surface area contributed by atoms with E-state index in [1.165, 1.54) is 0 Å². The molecule has 25 heavy (non-hydrogen) atoms. The molecule has 0 saturated carbocycles. The van der Waals surface area contributed by atoms with Crippen LogP contribution in [0.2, 0.25) is 0 Å². The summed E-state index contributed by atoms with van der Waals surface area (Å²) in [5.74, 6) is -0.190. The van der Waals surface area contributed by atoms with Gasteiger partial charge < -0.3 is 9.88 Å². The summed E-state index contributed by atoms with van der Waals surface area (Å²) < 4.78 is 24.4. The van der Waals surface area contributed by atoms with E-state index in [2.05, 4.69) is 10.0 Å². The average Bonchev–Trinajstić information content (AvgIpc) is 3.06. The molecule has 7 heteroatoms. The molecule has 2 aromatic carbocycles. The fraction of sp³-hybridized carbons (Fsp3) is 0.0556. The van der Waals surface area contributed by atoms with E-state index in [0.29, 0.717) is 22.5 Å². The fourth-order valence-electron chi connectivity index (χ4n) is 3.14. The molecule has 0 saturated heterocycles. The summed E-state index contributed by atoms with van der Waals surface area (Å²) in [6.07, 6.45) is 3.83. The van der Waals surface area contributed by atoms with E-state index in [0.717, 1.165) is 16.5 Å². The Morgan fingerprint density at radius 1 is 1.24 bits per heavy atom. The van der Waals surface area contributed by atoms with Crippen LogP contribution in [0, 0.1) is 0 Å². The van der Waals surface area contributed by atoms with Crippen molar-refractivity contribution in [2.24, 2.45) is 7.05 Å². The average molecular weight is 353 g/mol. The highest BCUT2D eigenvalue weighted by atomic mass is 32.2. The van der Waals surface area contributed by atoms with Gasteiger partial charge in [-0.25, -0.2) is 4.21 Å². The third-order valence-electron chi connectivity index (χ3n) is 4.24. The molecule has 3 aromatic rings.